The highest BCUT2D eigenvalue weighted by Gasteiger charge is 2.50. The third-order valence-electron chi connectivity index (χ3n) is 16.6. The Morgan fingerprint density at radius 1 is 0.309 bits per heavy atom. The molecular formula is C60H42N4O4-4. The molecule has 2 saturated carbocycles. The predicted molar refractivity (Wildman–Crippen MR) is 260 cm³/mol. The number of hydrogen-bond donors (Lipinski definition) is 4. The first kappa shape index (κ1) is 38.6. The highest BCUT2D eigenvalue weighted by molar-refractivity contribution is 6.09. The molecule has 4 aliphatic carbocycles. The first-order chi connectivity index (χ1) is 33.3. The average Bonchev–Trinajstić information content (AvgIpc) is 3.79. The fourth-order valence-corrected chi connectivity index (χ4v) is 13.4. The van der Waals surface area contributed by atoms with Crippen LogP contribution in [0.4, 0.5) is 22.7 Å². The standard InChI is InChI=1S/C60H42N4O4/c65-55-49(56(66)51(55)39-29-27-31-11-9-21-45-47(31)53(39)63-59(61-45)41-17-5-1-13-35(41)36-14-2-6-18-42(36)59)33-23-25-34(26-24-33)50-57(67)52(58(50)68)40-30-28-32-12-10-22-46-48(32)54(40)64-60(62-46)43-19-7-3-15-37(43)38-16-4-8-20-44(38)60/h1-30,49-52,55-58,61-64H/q-4. The van der Waals surface area contributed by atoms with Gasteiger partial charge in [0.1, 0.15) is 0 Å². The third-order valence-corrected chi connectivity index (χ3v) is 16.6. The first-order valence-electron chi connectivity index (χ1n) is 23.7. The molecule has 330 valence electrons. The molecule has 68 heavy (non-hydrogen) atoms. The molecule has 2 heterocycles. The molecule has 8 nitrogen and oxygen atoms in total. The maximum atomic E-state index is 14.5. The van der Waals surface area contributed by atoms with Crippen LogP contribution in [0.25, 0.3) is 43.8 Å². The SMILES string of the molecule is [O-]C1C(c2ccc(C3C([O-])C(c4ccc5cccc6c5c4NC4(N6)c5ccccc5-c5ccccc54)C3[O-])cc2)C([O-])C1c1ccc2cccc3c2c1NC1(N3)c2ccccc2-c2ccccc21. The summed E-state index contributed by atoms with van der Waals surface area (Å²) in [5.74, 6) is -3.09. The van der Waals surface area contributed by atoms with Crippen LogP contribution in [0.5, 0.6) is 0 Å². The molecule has 2 spiro atoms. The van der Waals surface area contributed by atoms with Crippen molar-refractivity contribution in [2.24, 2.45) is 0 Å². The summed E-state index contributed by atoms with van der Waals surface area (Å²) in [5, 5.41) is 77.6. The molecule has 4 unspecified atom stereocenters. The van der Waals surface area contributed by atoms with E-state index in [9.17, 15) is 20.4 Å². The van der Waals surface area contributed by atoms with Crippen LogP contribution in [0.2, 0.25) is 0 Å². The smallest absolute Gasteiger partial charge is 0.162 e. The molecule has 4 N–H and O–H groups in total. The molecule has 9 aromatic rings. The Hall–Kier alpha value is -7.46. The summed E-state index contributed by atoms with van der Waals surface area (Å²) >= 11 is 0. The zero-order valence-electron chi connectivity index (χ0n) is 36.6. The van der Waals surface area contributed by atoms with Crippen LogP contribution in [0.15, 0.2) is 182 Å². The fourth-order valence-electron chi connectivity index (χ4n) is 13.4. The van der Waals surface area contributed by atoms with E-state index in [0.29, 0.717) is 11.1 Å². The van der Waals surface area contributed by atoms with E-state index >= 15 is 0 Å². The minimum absolute atomic E-state index is 0.649. The molecule has 9 aromatic carbocycles. The Balaban J connectivity index is 0.727. The largest absolute Gasteiger partial charge is 0.851 e. The minimum atomic E-state index is -1.19. The van der Waals surface area contributed by atoms with E-state index in [-0.39, 0.29) is 0 Å². The first-order valence-corrected chi connectivity index (χ1v) is 23.7. The average molecular weight is 883 g/mol. The van der Waals surface area contributed by atoms with Gasteiger partial charge in [-0.25, -0.2) is 0 Å². The van der Waals surface area contributed by atoms with E-state index in [1.54, 1.807) is 0 Å². The maximum Gasteiger partial charge on any atom is 0.162 e. The van der Waals surface area contributed by atoms with Gasteiger partial charge in [-0.1, -0.05) is 170 Å². The van der Waals surface area contributed by atoms with Crippen molar-refractivity contribution in [3.8, 4) is 22.3 Å². The van der Waals surface area contributed by atoms with Gasteiger partial charge in [0.15, 0.2) is 11.3 Å². The van der Waals surface area contributed by atoms with Gasteiger partial charge in [-0.3, -0.25) is 0 Å². The van der Waals surface area contributed by atoms with Gasteiger partial charge in [-0.05, 0) is 91.1 Å². The number of nitrogens with one attached hydrogen (secondary N) is 4. The molecule has 0 aromatic heterocycles. The maximum absolute atomic E-state index is 14.5. The van der Waals surface area contributed by atoms with Crippen molar-refractivity contribution < 1.29 is 20.4 Å². The number of hydrogen-bond acceptors (Lipinski definition) is 8. The predicted octanol–water partition coefficient (Wildman–Crippen LogP) is 8.11. The van der Waals surface area contributed by atoms with Gasteiger partial charge in [-0.2, -0.15) is 0 Å². The van der Waals surface area contributed by atoms with Crippen molar-refractivity contribution in [3.05, 3.63) is 226 Å². The lowest BCUT2D eigenvalue weighted by atomic mass is 9.61. The van der Waals surface area contributed by atoms with E-state index in [1.807, 2.05) is 84.9 Å². The zero-order chi connectivity index (χ0) is 45.2. The fraction of sp³-hybridized carbons (Fsp3) is 0.167. The lowest BCUT2D eigenvalue weighted by molar-refractivity contribution is -0.537. The highest BCUT2D eigenvalue weighted by atomic mass is 16.3. The molecule has 15 rings (SSSR count). The summed E-state index contributed by atoms with van der Waals surface area (Å²) in [6, 6.07) is 61.1. The van der Waals surface area contributed by atoms with Crippen LogP contribution in [0.1, 0.15) is 68.2 Å². The van der Waals surface area contributed by atoms with E-state index < -0.39 is 59.4 Å². The molecule has 4 atom stereocenters. The van der Waals surface area contributed by atoms with E-state index in [1.165, 1.54) is 0 Å². The van der Waals surface area contributed by atoms with Crippen molar-refractivity contribution in [3.63, 3.8) is 0 Å². The van der Waals surface area contributed by atoms with Crippen molar-refractivity contribution in [1.82, 2.24) is 0 Å². The topological polar surface area (TPSA) is 140 Å². The molecule has 0 saturated heterocycles. The molecule has 2 aliphatic heterocycles. The second-order valence-corrected chi connectivity index (χ2v) is 19.7. The highest BCUT2D eigenvalue weighted by Crippen LogP contribution is 2.59. The summed E-state index contributed by atoms with van der Waals surface area (Å²) in [6.07, 6.45) is -4.75. The Morgan fingerprint density at radius 3 is 1.00 bits per heavy atom. The van der Waals surface area contributed by atoms with Crippen molar-refractivity contribution >= 4 is 44.3 Å². The lowest BCUT2D eigenvalue weighted by Crippen LogP contribution is -2.64. The number of rotatable bonds is 4. The summed E-state index contributed by atoms with van der Waals surface area (Å²) in [5.41, 5.74) is 13.6. The molecular weight excluding hydrogens is 841 g/mol. The zero-order valence-corrected chi connectivity index (χ0v) is 36.6. The molecule has 0 bridgehead atoms. The van der Waals surface area contributed by atoms with Crippen LogP contribution in [-0.4, -0.2) is 24.4 Å². The normalized spacial score (nSPS) is 25.5. The van der Waals surface area contributed by atoms with Gasteiger partial charge in [-0.15, -0.1) is 24.4 Å². The monoisotopic (exact) mass is 882 g/mol. The van der Waals surface area contributed by atoms with E-state index in [4.69, 9.17) is 0 Å². The lowest BCUT2D eigenvalue weighted by Gasteiger charge is -2.63. The van der Waals surface area contributed by atoms with Crippen LogP contribution in [0.3, 0.4) is 0 Å². The minimum Gasteiger partial charge on any atom is -0.851 e. The van der Waals surface area contributed by atoms with Gasteiger partial charge in [0.2, 0.25) is 0 Å². The number of benzene rings is 9. The quantitative estimate of drug-likeness (QED) is 0.139. The molecule has 6 aliphatic rings. The van der Waals surface area contributed by atoms with Gasteiger partial charge in [0.05, 0.1) is 0 Å². The van der Waals surface area contributed by atoms with Crippen LogP contribution in [-0.2, 0) is 11.3 Å². The summed E-state index contributed by atoms with van der Waals surface area (Å²) < 4.78 is 0. The van der Waals surface area contributed by atoms with Crippen molar-refractivity contribution in [2.45, 2.75) is 59.4 Å². The number of fused-ring (bicyclic) bond motifs is 10. The second-order valence-electron chi connectivity index (χ2n) is 19.7. The van der Waals surface area contributed by atoms with E-state index in [0.717, 1.165) is 99.9 Å². The van der Waals surface area contributed by atoms with Crippen molar-refractivity contribution in [2.75, 3.05) is 21.3 Å². The molecule has 0 radical (unpaired) electrons. The van der Waals surface area contributed by atoms with Gasteiger partial charge < -0.3 is 41.7 Å². The Labute approximate surface area is 392 Å². The Morgan fingerprint density at radius 2 is 0.647 bits per heavy atom. The Bertz CT molecular complexity index is 3280. The van der Waals surface area contributed by atoms with Gasteiger partial charge in [0.25, 0.3) is 0 Å². The van der Waals surface area contributed by atoms with Crippen LogP contribution < -0.4 is 41.7 Å². The molecule has 8 heteroatoms. The van der Waals surface area contributed by atoms with Gasteiger partial charge >= 0.3 is 0 Å². The third kappa shape index (κ3) is 4.82. The number of anilines is 4. The molecule has 2 fully saturated rings. The van der Waals surface area contributed by atoms with Crippen molar-refractivity contribution in [1.29, 1.82) is 0 Å². The van der Waals surface area contributed by atoms with Crippen LogP contribution >= 0.6 is 0 Å². The second kappa shape index (κ2) is 13.6. The molecule has 0 amide bonds. The van der Waals surface area contributed by atoms with E-state index in [2.05, 4.69) is 118 Å². The summed E-state index contributed by atoms with van der Waals surface area (Å²) in [7, 11) is 0. The Kier molecular flexibility index (Phi) is 7.72. The van der Waals surface area contributed by atoms with Crippen LogP contribution in [0, 0.1) is 0 Å². The van der Waals surface area contributed by atoms with Gasteiger partial charge in [0, 0.05) is 55.8 Å². The summed E-state index contributed by atoms with van der Waals surface area (Å²) in [6.45, 7) is 0. The summed E-state index contributed by atoms with van der Waals surface area (Å²) in [4.78, 5) is 0.